The molecular formula is C18H19ClN2O3. The zero-order valence-corrected chi connectivity index (χ0v) is 14.0. The van der Waals surface area contributed by atoms with Crippen molar-refractivity contribution >= 4 is 17.5 Å². The van der Waals surface area contributed by atoms with Crippen LogP contribution in [0.2, 0.25) is 5.22 Å². The molecule has 0 radical (unpaired) electrons. The van der Waals surface area contributed by atoms with Crippen molar-refractivity contribution in [1.82, 2.24) is 10.2 Å². The van der Waals surface area contributed by atoms with Crippen LogP contribution in [0.5, 0.6) is 11.7 Å². The number of nitrogens with one attached hydrogen (secondary N) is 1. The summed E-state index contributed by atoms with van der Waals surface area (Å²) in [6, 6.07) is 10.6. The zero-order chi connectivity index (χ0) is 16.5. The molecule has 5 nitrogen and oxygen atoms in total. The number of amides is 1. The molecule has 1 atom stereocenters. The molecule has 1 amide bonds. The number of benzene rings is 1. The van der Waals surface area contributed by atoms with E-state index in [1.165, 1.54) is 25.9 Å². The van der Waals surface area contributed by atoms with Crippen LogP contribution in [0.15, 0.2) is 40.8 Å². The van der Waals surface area contributed by atoms with Crippen LogP contribution in [-0.4, -0.2) is 36.5 Å². The summed E-state index contributed by atoms with van der Waals surface area (Å²) in [5.74, 6) is 1.51. The van der Waals surface area contributed by atoms with Gasteiger partial charge < -0.3 is 19.4 Å². The van der Waals surface area contributed by atoms with Crippen molar-refractivity contribution in [3.05, 3.63) is 47.2 Å². The first-order chi connectivity index (χ1) is 11.7. The fraction of sp³-hybridized carbons (Fsp3) is 0.389. The molecule has 3 aliphatic heterocycles. The van der Waals surface area contributed by atoms with Crippen molar-refractivity contribution in [2.24, 2.45) is 5.92 Å². The second kappa shape index (κ2) is 6.49. The lowest BCUT2D eigenvalue weighted by molar-refractivity contribution is 0.0620. The Bertz CT molecular complexity index is 720. The molecule has 5 rings (SSSR count). The number of furan rings is 1. The summed E-state index contributed by atoms with van der Waals surface area (Å²) in [4.78, 5) is 14.9. The largest absolute Gasteiger partial charge is 0.426 e. The average Bonchev–Trinajstić information content (AvgIpc) is 3.01. The van der Waals surface area contributed by atoms with Gasteiger partial charge in [0.15, 0.2) is 5.22 Å². The van der Waals surface area contributed by atoms with Crippen LogP contribution in [0.1, 0.15) is 23.2 Å². The van der Waals surface area contributed by atoms with Gasteiger partial charge in [-0.1, -0.05) is 0 Å². The molecule has 126 valence electrons. The normalized spacial score (nSPS) is 25.5. The zero-order valence-electron chi connectivity index (χ0n) is 13.2. The van der Waals surface area contributed by atoms with E-state index >= 15 is 0 Å². The number of carbonyl (C=O) groups is 1. The van der Waals surface area contributed by atoms with E-state index in [2.05, 4.69) is 10.2 Å². The Morgan fingerprint density at radius 2 is 1.92 bits per heavy atom. The van der Waals surface area contributed by atoms with Crippen molar-refractivity contribution < 1.29 is 13.9 Å². The average molecular weight is 347 g/mol. The molecule has 3 saturated heterocycles. The van der Waals surface area contributed by atoms with Gasteiger partial charge >= 0.3 is 0 Å². The van der Waals surface area contributed by atoms with Crippen LogP contribution in [0, 0.1) is 5.92 Å². The molecule has 0 saturated carbocycles. The minimum absolute atomic E-state index is 0.0265. The summed E-state index contributed by atoms with van der Waals surface area (Å²) in [5, 5.41) is 3.46. The van der Waals surface area contributed by atoms with Gasteiger partial charge in [-0.15, -0.1) is 0 Å². The first kappa shape index (κ1) is 15.5. The Morgan fingerprint density at radius 3 is 2.50 bits per heavy atom. The Kier molecular flexibility index (Phi) is 4.21. The topological polar surface area (TPSA) is 54.7 Å². The maximum Gasteiger partial charge on any atom is 0.291 e. The molecule has 0 unspecified atom stereocenters. The van der Waals surface area contributed by atoms with E-state index in [1.54, 1.807) is 36.4 Å². The minimum atomic E-state index is -0.0265. The summed E-state index contributed by atoms with van der Waals surface area (Å²) in [6.45, 7) is 3.30. The molecule has 3 aliphatic rings. The maximum absolute atomic E-state index is 12.5. The van der Waals surface area contributed by atoms with Crippen molar-refractivity contribution in [2.45, 2.75) is 18.9 Å². The van der Waals surface area contributed by atoms with Gasteiger partial charge in [0.05, 0.1) is 0 Å². The molecular weight excluding hydrogens is 328 g/mol. The van der Waals surface area contributed by atoms with E-state index in [1.807, 2.05) is 0 Å². The summed E-state index contributed by atoms with van der Waals surface area (Å²) in [5.41, 5.74) is 0.635. The fourth-order valence-corrected chi connectivity index (χ4v) is 3.66. The monoisotopic (exact) mass is 346 g/mol. The molecule has 2 aromatic rings. The van der Waals surface area contributed by atoms with Gasteiger partial charge in [-0.2, -0.15) is 0 Å². The lowest BCUT2D eigenvalue weighted by Crippen LogP contribution is -2.57. The van der Waals surface area contributed by atoms with Crippen LogP contribution >= 0.6 is 11.6 Å². The van der Waals surface area contributed by atoms with Crippen molar-refractivity contribution in [1.29, 1.82) is 0 Å². The van der Waals surface area contributed by atoms with Gasteiger partial charge in [-0.05, 0) is 67.7 Å². The molecule has 3 fully saturated rings. The Hall–Kier alpha value is -1.98. The van der Waals surface area contributed by atoms with Crippen LogP contribution in [-0.2, 0) is 0 Å². The Balaban J connectivity index is 1.38. The molecule has 1 N–H and O–H groups in total. The van der Waals surface area contributed by atoms with Gasteiger partial charge in [0, 0.05) is 30.3 Å². The van der Waals surface area contributed by atoms with E-state index in [4.69, 9.17) is 20.8 Å². The van der Waals surface area contributed by atoms with Gasteiger partial charge in [0.1, 0.15) is 5.75 Å². The highest BCUT2D eigenvalue weighted by atomic mass is 35.5. The predicted octanol–water partition coefficient (Wildman–Crippen LogP) is 3.55. The molecule has 24 heavy (non-hydrogen) atoms. The third kappa shape index (κ3) is 3.28. The number of fused-ring (bicyclic) bond motifs is 3. The lowest BCUT2D eigenvalue weighted by Gasteiger charge is -2.44. The van der Waals surface area contributed by atoms with E-state index in [0.29, 0.717) is 23.2 Å². The van der Waals surface area contributed by atoms with Crippen molar-refractivity contribution in [3.8, 4) is 11.7 Å². The lowest BCUT2D eigenvalue weighted by atomic mass is 9.84. The molecule has 6 heteroatoms. The van der Waals surface area contributed by atoms with Crippen molar-refractivity contribution in [3.63, 3.8) is 0 Å². The number of hydrogen-bond donors (Lipinski definition) is 1. The number of nitrogens with zero attached hydrogens (tertiary/aromatic N) is 1. The van der Waals surface area contributed by atoms with Crippen LogP contribution in [0.25, 0.3) is 0 Å². The summed E-state index contributed by atoms with van der Waals surface area (Å²) in [6.07, 6.45) is 2.37. The smallest absolute Gasteiger partial charge is 0.291 e. The number of carbonyl (C=O) groups excluding carboxylic acids is 1. The third-order valence-corrected chi connectivity index (χ3v) is 5.06. The number of hydrogen-bond acceptors (Lipinski definition) is 4. The van der Waals surface area contributed by atoms with Gasteiger partial charge in [-0.25, -0.2) is 0 Å². The molecule has 0 aliphatic carbocycles. The second-order valence-corrected chi connectivity index (χ2v) is 6.78. The molecule has 0 spiro atoms. The standard InChI is InChI=1S/C18H19ClN2O3/c19-16-5-6-17(24-16)23-14-3-1-13(2-4-14)18(22)20-15-11-21-9-7-12(15)8-10-21/h1-6,12,15H,7-11H2,(H,20,22)/t15-/m0/s1. The fourth-order valence-electron chi connectivity index (χ4n) is 3.52. The highest BCUT2D eigenvalue weighted by Gasteiger charge is 2.34. The molecule has 1 aromatic heterocycles. The highest BCUT2D eigenvalue weighted by Crippen LogP contribution is 2.28. The summed E-state index contributed by atoms with van der Waals surface area (Å²) >= 11 is 5.71. The van der Waals surface area contributed by atoms with Crippen LogP contribution in [0.4, 0.5) is 0 Å². The van der Waals surface area contributed by atoms with Crippen molar-refractivity contribution in [2.75, 3.05) is 19.6 Å². The second-order valence-electron chi connectivity index (χ2n) is 6.40. The maximum atomic E-state index is 12.5. The quantitative estimate of drug-likeness (QED) is 0.919. The third-order valence-electron chi connectivity index (χ3n) is 4.86. The van der Waals surface area contributed by atoms with Gasteiger partial charge in [0.2, 0.25) is 0 Å². The molecule has 2 bridgehead atoms. The Labute approximate surface area is 145 Å². The SMILES string of the molecule is O=C(N[C@H]1CN2CCC1CC2)c1ccc(Oc2ccc(Cl)o2)cc1. The summed E-state index contributed by atoms with van der Waals surface area (Å²) in [7, 11) is 0. The summed E-state index contributed by atoms with van der Waals surface area (Å²) < 4.78 is 10.7. The number of rotatable bonds is 4. The van der Waals surface area contributed by atoms with Gasteiger partial charge in [0.25, 0.3) is 11.9 Å². The number of halogens is 1. The van der Waals surface area contributed by atoms with Crippen LogP contribution in [0.3, 0.4) is 0 Å². The predicted molar refractivity (Wildman–Crippen MR) is 90.7 cm³/mol. The molecule has 1 aromatic carbocycles. The number of ether oxygens (including phenoxy) is 1. The van der Waals surface area contributed by atoms with E-state index in [0.717, 1.165) is 6.54 Å². The minimum Gasteiger partial charge on any atom is -0.426 e. The Morgan fingerprint density at radius 1 is 1.17 bits per heavy atom. The van der Waals surface area contributed by atoms with Gasteiger partial charge in [-0.3, -0.25) is 4.79 Å². The van der Waals surface area contributed by atoms with E-state index in [9.17, 15) is 4.79 Å². The van der Waals surface area contributed by atoms with E-state index < -0.39 is 0 Å². The van der Waals surface area contributed by atoms with Crippen LogP contribution < -0.4 is 10.1 Å². The molecule has 4 heterocycles. The highest BCUT2D eigenvalue weighted by molar-refractivity contribution is 6.28. The first-order valence-corrected chi connectivity index (χ1v) is 8.62. The first-order valence-electron chi connectivity index (χ1n) is 8.24. The number of piperidine rings is 3. The van der Waals surface area contributed by atoms with E-state index in [-0.39, 0.29) is 17.2 Å².